The monoisotopic (exact) mass is 401 g/mol. The van der Waals surface area contributed by atoms with Crippen molar-refractivity contribution in [3.8, 4) is 5.75 Å². The third-order valence-corrected chi connectivity index (χ3v) is 5.98. The minimum Gasteiger partial charge on any atom is -0.487 e. The predicted octanol–water partition coefficient (Wildman–Crippen LogP) is 4.70. The summed E-state index contributed by atoms with van der Waals surface area (Å²) in [5, 5.41) is 0. The molecular weight excluding hydrogens is 364 g/mol. The second-order valence-electron chi connectivity index (χ2n) is 9.79. The van der Waals surface area contributed by atoms with Crippen LogP contribution in [0.25, 0.3) is 5.70 Å². The lowest BCUT2D eigenvalue weighted by atomic mass is 9.87. The average molecular weight is 402 g/mol. The van der Waals surface area contributed by atoms with Gasteiger partial charge in [0, 0.05) is 43.0 Å². The quantitative estimate of drug-likeness (QED) is 0.684. The summed E-state index contributed by atoms with van der Waals surface area (Å²) < 4.78 is 35.0. The molecule has 3 aliphatic heterocycles. The molecule has 0 N–H and O–H groups in total. The second-order valence-corrected chi connectivity index (χ2v) is 9.79. The van der Waals surface area contributed by atoms with Crippen molar-refractivity contribution in [1.82, 2.24) is 9.80 Å². The van der Waals surface area contributed by atoms with Crippen molar-refractivity contribution < 1.29 is 18.4 Å². The first-order chi connectivity index (χ1) is 14.9. The zero-order chi connectivity index (χ0) is 23.3. The van der Waals surface area contributed by atoms with E-state index in [1.54, 1.807) is 9.80 Å². The van der Waals surface area contributed by atoms with Gasteiger partial charge in [0.15, 0.2) is 0 Å². The van der Waals surface area contributed by atoms with Crippen molar-refractivity contribution >= 4 is 11.8 Å². The largest absolute Gasteiger partial charge is 0.487 e. The highest BCUT2D eigenvalue weighted by atomic mass is 16.6. The number of benzene rings is 1. The Balaban J connectivity index is 1.53. The summed E-state index contributed by atoms with van der Waals surface area (Å²) in [6.45, 7) is 7.37. The molecule has 0 saturated carbocycles. The normalized spacial score (nSPS) is 26.1. The minimum absolute atomic E-state index is 0.319. The van der Waals surface area contributed by atoms with E-state index >= 15 is 0 Å². The molecule has 158 valence electrons. The lowest BCUT2D eigenvalue weighted by molar-refractivity contribution is 0.0271. The Bertz CT molecular complexity index is 912. The van der Waals surface area contributed by atoms with Gasteiger partial charge in [0.2, 0.25) is 0 Å². The lowest BCUT2D eigenvalue weighted by Gasteiger charge is -2.37. The van der Waals surface area contributed by atoms with E-state index in [1.165, 1.54) is 0 Å². The Morgan fingerprint density at radius 2 is 2.07 bits per heavy atom. The number of ether oxygens (including phenoxy) is 2. The van der Waals surface area contributed by atoms with Crippen molar-refractivity contribution in [2.45, 2.75) is 64.6 Å². The van der Waals surface area contributed by atoms with Crippen molar-refractivity contribution in [3.05, 3.63) is 35.4 Å². The molecule has 1 aromatic carbocycles. The molecule has 3 aliphatic rings. The zero-order valence-electron chi connectivity index (χ0n) is 21.0. The van der Waals surface area contributed by atoms with Crippen LogP contribution in [0.3, 0.4) is 0 Å². The molecule has 0 unspecified atom stereocenters. The molecule has 1 saturated heterocycles. The number of carbonyl (C=O) groups is 1. The molecule has 29 heavy (non-hydrogen) atoms. The van der Waals surface area contributed by atoms with E-state index in [2.05, 4.69) is 19.1 Å². The van der Waals surface area contributed by atoms with Gasteiger partial charge >= 0.3 is 6.09 Å². The Hall–Kier alpha value is -2.01. The zero-order valence-corrected chi connectivity index (χ0v) is 18.0. The number of rotatable bonds is 1. The number of hydrogen-bond donors (Lipinski definition) is 0. The maximum Gasteiger partial charge on any atom is 0.414 e. The van der Waals surface area contributed by atoms with E-state index in [4.69, 9.17) is 13.6 Å². The highest BCUT2D eigenvalue weighted by molar-refractivity contribution is 5.83. The van der Waals surface area contributed by atoms with E-state index in [0.717, 1.165) is 35.4 Å². The summed E-state index contributed by atoms with van der Waals surface area (Å²) in [6, 6.07) is 6.12. The molecule has 5 heteroatoms. The van der Waals surface area contributed by atoms with Gasteiger partial charge in [-0.05, 0) is 69.4 Å². The highest BCUT2D eigenvalue weighted by Gasteiger charge is 2.41. The lowest BCUT2D eigenvalue weighted by Crippen LogP contribution is -2.45. The van der Waals surface area contributed by atoms with E-state index in [0.29, 0.717) is 38.4 Å². The number of allylic oxidation sites excluding steroid dienone is 1. The SMILES string of the molecule is [2H]C([2H])([2H])N1CCC2(CC1)Cc1cc(C3=CC[C@H](C)CN3C(=O)OC(C)(C)C)ccc1O2. The molecular formula is C24H34N2O3. The number of hydrogen-bond acceptors (Lipinski definition) is 4. The van der Waals surface area contributed by atoms with Gasteiger partial charge in [0.25, 0.3) is 0 Å². The number of piperidine rings is 1. The first-order valence-corrected chi connectivity index (χ1v) is 10.6. The Labute approximate surface area is 178 Å². The van der Waals surface area contributed by atoms with Crippen molar-refractivity contribution in [2.75, 3.05) is 26.6 Å². The maximum atomic E-state index is 12.9. The molecule has 1 atom stereocenters. The number of nitrogens with zero attached hydrogens (tertiary/aromatic N) is 2. The summed E-state index contributed by atoms with van der Waals surface area (Å²) in [4.78, 5) is 16.2. The molecule has 0 aliphatic carbocycles. The minimum atomic E-state index is -2.05. The van der Waals surface area contributed by atoms with Crippen LogP contribution in [-0.2, 0) is 11.2 Å². The first kappa shape index (κ1) is 16.8. The molecule has 1 fully saturated rings. The van der Waals surface area contributed by atoms with Crippen LogP contribution >= 0.6 is 0 Å². The molecule has 0 bridgehead atoms. The first-order valence-electron chi connectivity index (χ1n) is 12.1. The second kappa shape index (κ2) is 7.35. The summed E-state index contributed by atoms with van der Waals surface area (Å²) in [5.41, 5.74) is 2.11. The summed E-state index contributed by atoms with van der Waals surface area (Å²) >= 11 is 0. The summed E-state index contributed by atoms with van der Waals surface area (Å²) in [6.07, 6.45) is 4.87. The highest BCUT2D eigenvalue weighted by Crippen LogP contribution is 2.42. The van der Waals surface area contributed by atoms with E-state index in [-0.39, 0.29) is 11.7 Å². The van der Waals surface area contributed by atoms with Gasteiger partial charge in [-0.3, -0.25) is 4.90 Å². The molecule has 1 amide bonds. The average Bonchev–Trinajstić information content (AvgIpc) is 3.02. The molecule has 1 spiro atoms. The van der Waals surface area contributed by atoms with Gasteiger partial charge in [-0.25, -0.2) is 4.79 Å². The molecule has 3 heterocycles. The topological polar surface area (TPSA) is 42.0 Å². The molecule has 0 radical (unpaired) electrons. The van der Waals surface area contributed by atoms with Gasteiger partial charge < -0.3 is 14.4 Å². The number of carbonyl (C=O) groups excluding carboxylic acids is 1. The van der Waals surface area contributed by atoms with Gasteiger partial charge in [-0.2, -0.15) is 0 Å². The maximum absolute atomic E-state index is 12.9. The van der Waals surface area contributed by atoms with Crippen LogP contribution in [0.2, 0.25) is 0 Å². The van der Waals surface area contributed by atoms with Crippen LogP contribution in [-0.4, -0.2) is 53.7 Å². The Morgan fingerprint density at radius 3 is 2.76 bits per heavy atom. The predicted molar refractivity (Wildman–Crippen MR) is 115 cm³/mol. The van der Waals surface area contributed by atoms with Gasteiger partial charge in [0.1, 0.15) is 17.0 Å². The Kier molecular flexibility index (Phi) is 4.25. The summed E-state index contributed by atoms with van der Waals surface area (Å²) in [5.74, 6) is 1.24. The standard InChI is InChI=1S/C24H34N2O3/c1-17-6-8-20(26(16-17)22(27)29-23(2,3)4)18-7-9-21-19(14-18)15-24(28-21)10-12-25(5)13-11-24/h7-9,14,17H,6,10-13,15-16H2,1-5H3/t17-/m0/s1/i5D3. The molecule has 0 aromatic heterocycles. The van der Waals surface area contributed by atoms with E-state index < -0.39 is 12.6 Å². The van der Waals surface area contributed by atoms with Crippen LogP contribution in [0.1, 0.15) is 62.2 Å². The van der Waals surface area contributed by atoms with Crippen LogP contribution in [0.5, 0.6) is 5.75 Å². The third-order valence-electron chi connectivity index (χ3n) is 5.98. The fraction of sp³-hybridized carbons (Fsp3) is 0.625. The van der Waals surface area contributed by atoms with Gasteiger partial charge in [0.05, 0.1) is 5.70 Å². The van der Waals surface area contributed by atoms with Crippen LogP contribution in [0.15, 0.2) is 24.3 Å². The van der Waals surface area contributed by atoms with Crippen LogP contribution in [0.4, 0.5) is 4.79 Å². The smallest absolute Gasteiger partial charge is 0.414 e. The van der Waals surface area contributed by atoms with E-state index in [9.17, 15) is 4.79 Å². The van der Waals surface area contributed by atoms with E-state index in [1.807, 2.05) is 32.9 Å². The van der Waals surface area contributed by atoms with Crippen LogP contribution in [0, 0.1) is 5.92 Å². The molecule has 1 aromatic rings. The number of amides is 1. The summed E-state index contributed by atoms with van der Waals surface area (Å²) in [7, 11) is 0. The molecule has 4 rings (SSSR count). The van der Waals surface area contributed by atoms with Crippen LogP contribution < -0.4 is 4.74 Å². The van der Waals surface area contributed by atoms with Crippen molar-refractivity contribution in [3.63, 3.8) is 0 Å². The van der Waals surface area contributed by atoms with Crippen molar-refractivity contribution in [2.24, 2.45) is 5.92 Å². The van der Waals surface area contributed by atoms with Crippen molar-refractivity contribution in [1.29, 1.82) is 0 Å². The van der Waals surface area contributed by atoms with Gasteiger partial charge in [-0.1, -0.05) is 13.0 Å². The fourth-order valence-electron chi connectivity index (χ4n) is 4.46. The molecule has 5 nitrogen and oxygen atoms in total. The fourth-order valence-corrected chi connectivity index (χ4v) is 4.46. The number of fused-ring (bicyclic) bond motifs is 1. The van der Waals surface area contributed by atoms with Gasteiger partial charge in [-0.15, -0.1) is 0 Å². The number of likely N-dealkylation sites (tertiary alicyclic amines) is 1. The Morgan fingerprint density at radius 1 is 1.31 bits per heavy atom. The third kappa shape index (κ3) is 4.30.